The first-order valence-corrected chi connectivity index (χ1v) is 11.3. The first-order chi connectivity index (χ1) is 15.1. The molecule has 2 aromatic carbocycles. The smallest absolute Gasteiger partial charge is 0.264 e. The number of amides is 2. The lowest BCUT2D eigenvalue weighted by Gasteiger charge is -2.36. The molecule has 0 spiro atoms. The Morgan fingerprint density at radius 3 is 2.29 bits per heavy atom. The third-order valence-corrected chi connectivity index (χ3v) is 6.21. The highest BCUT2D eigenvalue weighted by atomic mass is 35.5. The lowest BCUT2D eigenvalue weighted by atomic mass is 10.2. The van der Waals surface area contributed by atoms with E-state index in [1.165, 1.54) is 17.4 Å². The quantitative estimate of drug-likeness (QED) is 0.554. The molecule has 31 heavy (non-hydrogen) atoms. The summed E-state index contributed by atoms with van der Waals surface area (Å²) in [5.41, 5.74) is 2.73. The normalized spacial score (nSPS) is 14.1. The minimum absolute atomic E-state index is 0.111. The third-order valence-electron chi connectivity index (χ3n) is 5.10. The van der Waals surface area contributed by atoms with Crippen LogP contribution in [-0.4, -0.2) is 42.9 Å². The van der Waals surface area contributed by atoms with Gasteiger partial charge >= 0.3 is 0 Å². The van der Waals surface area contributed by atoms with Crippen LogP contribution in [-0.2, 0) is 4.79 Å². The van der Waals surface area contributed by atoms with Gasteiger partial charge in [0.15, 0.2) is 0 Å². The second-order valence-corrected chi connectivity index (χ2v) is 8.56. The number of piperazine rings is 1. The van der Waals surface area contributed by atoms with Crippen molar-refractivity contribution in [3.05, 3.63) is 87.6 Å². The molecule has 2 heterocycles. The molecule has 1 saturated heterocycles. The summed E-state index contributed by atoms with van der Waals surface area (Å²) in [6.45, 7) is 2.97. The molecule has 3 aromatic rings. The number of thiophene rings is 1. The van der Waals surface area contributed by atoms with Gasteiger partial charge in [-0.2, -0.15) is 0 Å². The highest BCUT2D eigenvalue weighted by molar-refractivity contribution is 7.12. The van der Waals surface area contributed by atoms with E-state index in [9.17, 15) is 9.59 Å². The van der Waals surface area contributed by atoms with Crippen molar-refractivity contribution in [3.63, 3.8) is 0 Å². The summed E-state index contributed by atoms with van der Waals surface area (Å²) in [5.74, 6) is -0.0808. The van der Waals surface area contributed by atoms with E-state index in [0.29, 0.717) is 18.1 Å². The summed E-state index contributed by atoms with van der Waals surface area (Å²) in [5, 5.41) is 5.46. The Labute approximate surface area is 190 Å². The summed E-state index contributed by atoms with van der Waals surface area (Å²) in [6, 6.07) is 18.8. The first-order valence-electron chi connectivity index (χ1n) is 10.0. The van der Waals surface area contributed by atoms with Crippen molar-refractivity contribution in [2.75, 3.05) is 36.4 Å². The van der Waals surface area contributed by atoms with Crippen molar-refractivity contribution in [1.82, 2.24) is 4.90 Å². The average Bonchev–Trinajstić information content (AvgIpc) is 3.34. The molecule has 7 heteroatoms. The van der Waals surface area contributed by atoms with E-state index in [-0.39, 0.29) is 11.8 Å². The molecule has 1 aliphatic rings. The van der Waals surface area contributed by atoms with E-state index in [1.54, 1.807) is 18.2 Å². The van der Waals surface area contributed by atoms with E-state index in [2.05, 4.69) is 10.2 Å². The predicted molar refractivity (Wildman–Crippen MR) is 128 cm³/mol. The van der Waals surface area contributed by atoms with Gasteiger partial charge in [0.05, 0.1) is 4.88 Å². The predicted octanol–water partition coefficient (Wildman–Crippen LogP) is 5.02. The van der Waals surface area contributed by atoms with Crippen LogP contribution in [0.2, 0.25) is 5.02 Å². The highest BCUT2D eigenvalue weighted by Gasteiger charge is 2.22. The summed E-state index contributed by atoms with van der Waals surface area (Å²) in [7, 11) is 0. The molecule has 0 radical (unpaired) electrons. The Hall–Kier alpha value is -3.09. The minimum Gasteiger partial charge on any atom is -0.368 e. The van der Waals surface area contributed by atoms with Gasteiger partial charge in [-0.3, -0.25) is 9.59 Å². The SMILES string of the molecule is O=C(/C=C/c1ccc(Cl)cc1)Nc1ccc(N2CCN(C(=O)c3cccs3)CC2)cc1. The Balaban J connectivity index is 1.29. The maximum atomic E-state index is 12.5. The van der Waals surface area contributed by atoms with Crippen LogP contribution in [0.25, 0.3) is 6.08 Å². The number of benzene rings is 2. The number of hydrogen-bond acceptors (Lipinski definition) is 4. The maximum absolute atomic E-state index is 12.5. The summed E-state index contributed by atoms with van der Waals surface area (Å²) in [6.07, 6.45) is 3.25. The van der Waals surface area contributed by atoms with Crippen LogP contribution in [0, 0.1) is 0 Å². The van der Waals surface area contributed by atoms with Gasteiger partial charge in [-0.1, -0.05) is 29.8 Å². The van der Waals surface area contributed by atoms with Gasteiger partial charge in [0.1, 0.15) is 0 Å². The highest BCUT2D eigenvalue weighted by Crippen LogP contribution is 2.21. The number of anilines is 2. The van der Waals surface area contributed by atoms with E-state index in [4.69, 9.17) is 11.6 Å². The van der Waals surface area contributed by atoms with E-state index in [0.717, 1.165) is 34.9 Å². The van der Waals surface area contributed by atoms with Crippen LogP contribution >= 0.6 is 22.9 Å². The lowest BCUT2D eigenvalue weighted by molar-refractivity contribution is -0.111. The van der Waals surface area contributed by atoms with Gasteiger partial charge in [0.2, 0.25) is 5.91 Å². The summed E-state index contributed by atoms with van der Waals surface area (Å²) >= 11 is 7.35. The number of rotatable bonds is 5. The van der Waals surface area contributed by atoms with E-state index in [1.807, 2.05) is 58.8 Å². The van der Waals surface area contributed by atoms with Gasteiger partial charge in [0.25, 0.3) is 5.91 Å². The number of halogens is 1. The van der Waals surface area contributed by atoms with Gasteiger partial charge in [-0.25, -0.2) is 0 Å². The lowest BCUT2D eigenvalue weighted by Crippen LogP contribution is -2.48. The largest absolute Gasteiger partial charge is 0.368 e. The van der Waals surface area contributed by atoms with E-state index >= 15 is 0 Å². The Kier molecular flexibility index (Phi) is 6.70. The fourth-order valence-electron chi connectivity index (χ4n) is 3.41. The molecule has 0 unspecified atom stereocenters. The van der Waals surface area contributed by atoms with Gasteiger partial charge in [-0.15, -0.1) is 11.3 Å². The second kappa shape index (κ2) is 9.81. The number of nitrogens with zero attached hydrogens (tertiary/aromatic N) is 2. The monoisotopic (exact) mass is 451 g/mol. The molecule has 5 nitrogen and oxygen atoms in total. The molecule has 0 saturated carbocycles. The van der Waals surface area contributed by atoms with Crippen molar-refractivity contribution in [3.8, 4) is 0 Å². The van der Waals surface area contributed by atoms with Crippen LogP contribution in [0.3, 0.4) is 0 Å². The Morgan fingerprint density at radius 2 is 1.65 bits per heavy atom. The molecule has 0 bridgehead atoms. The van der Waals surface area contributed by atoms with Crippen molar-refractivity contribution in [2.24, 2.45) is 0 Å². The Morgan fingerprint density at radius 1 is 0.935 bits per heavy atom. The number of carbonyl (C=O) groups is 2. The summed E-state index contributed by atoms with van der Waals surface area (Å²) in [4.78, 5) is 29.6. The van der Waals surface area contributed by atoms with E-state index < -0.39 is 0 Å². The van der Waals surface area contributed by atoms with Crippen LogP contribution in [0.15, 0.2) is 72.1 Å². The molecule has 1 aliphatic heterocycles. The zero-order valence-corrected chi connectivity index (χ0v) is 18.4. The number of carbonyl (C=O) groups excluding carboxylic acids is 2. The zero-order chi connectivity index (χ0) is 21.6. The van der Waals surface area contributed by atoms with Gasteiger partial charge in [0, 0.05) is 48.7 Å². The topological polar surface area (TPSA) is 52.7 Å². The van der Waals surface area contributed by atoms with Crippen molar-refractivity contribution in [2.45, 2.75) is 0 Å². The zero-order valence-electron chi connectivity index (χ0n) is 16.8. The minimum atomic E-state index is -0.191. The van der Waals surface area contributed by atoms with Crippen molar-refractivity contribution < 1.29 is 9.59 Å². The van der Waals surface area contributed by atoms with Crippen LogP contribution in [0.5, 0.6) is 0 Å². The fourth-order valence-corrected chi connectivity index (χ4v) is 4.23. The number of nitrogens with one attached hydrogen (secondary N) is 1. The van der Waals surface area contributed by atoms with Crippen molar-refractivity contribution in [1.29, 1.82) is 0 Å². The molecule has 0 aliphatic carbocycles. The molecule has 0 atom stereocenters. The van der Waals surface area contributed by atoms with Crippen LogP contribution < -0.4 is 10.2 Å². The molecule has 1 aromatic heterocycles. The number of hydrogen-bond donors (Lipinski definition) is 1. The maximum Gasteiger partial charge on any atom is 0.264 e. The Bertz CT molecular complexity index is 1060. The van der Waals surface area contributed by atoms with Gasteiger partial charge in [-0.05, 0) is 59.5 Å². The first kappa shape index (κ1) is 21.2. The molecule has 2 amide bonds. The van der Waals surface area contributed by atoms with Crippen molar-refractivity contribution >= 4 is 52.2 Å². The fraction of sp³-hybridized carbons (Fsp3) is 0.167. The molecule has 1 fully saturated rings. The van der Waals surface area contributed by atoms with Gasteiger partial charge < -0.3 is 15.1 Å². The molecular formula is C24H22ClN3O2S. The third kappa shape index (κ3) is 5.54. The second-order valence-electron chi connectivity index (χ2n) is 7.18. The van der Waals surface area contributed by atoms with Crippen LogP contribution in [0.4, 0.5) is 11.4 Å². The molecular weight excluding hydrogens is 430 g/mol. The van der Waals surface area contributed by atoms with Crippen LogP contribution in [0.1, 0.15) is 15.2 Å². The molecule has 4 rings (SSSR count). The summed E-state index contributed by atoms with van der Waals surface area (Å²) < 4.78 is 0. The average molecular weight is 452 g/mol. The molecule has 158 valence electrons. The standard InChI is InChI=1S/C24H22ClN3O2S/c25-19-6-3-18(4-7-19)5-12-23(29)26-20-8-10-21(11-9-20)27-13-15-28(16-14-27)24(30)22-2-1-17-31-22/h1-12,17H,13-16H2,(H,26,29)/b12-5+. The molecule has 1 N–H and O–H groups in total.